The number of rotatable bonds is 9. The van der Waals surface area contributed by atoms with E-state index in [0.717, 1.165) is 36.2 Å². The number of ketones is 1. The minimum Gasteiger partial charge on any atom is -0.492 e. The summed E-state index contributed by atoms with van der Waals surface area (Å²) in [6.45, 7) is 4.29. The lowest BCUT2D eigenvalue weighted by Crippen LogP contribution is -2.11. The standard InChI is InChI=1S/C19H26N2O4S/c1-4-13(2)19(22)15-12-20-21-16(15)8-9-17(18(21)14-6-7-14)25-10-5-11-26(3,23)24/h8-9,12-14H,4-7,10-11H2,1-3H3. The second-order valence-electron chi connectivity index (χ2n) is 7.22. The summed E-state index contributed by atoms with van der Waals surface area (Å²) in [6, 6.07) is 3.76. The second kappa shape index (κ2) is 7.39. The van der Waals surface area contributed by atoms with Crippen LogP contribution >= 0.6 is 0 Å². The Morgan fingerprint density at radius 1 is 1.38 bits per heavy atom. The third kappa shape index (κ3) is 4.09. The molecule has 2 aromatic rings. The van der Waals surface area contributed by atoms with Crippen molar-refractivity contribution in [2.24, 2.45) is 5.92 Å². The Labute approximate surface area is 154 Å². The van der Waals surface area contributed by atoms with Gasteiger partial charge >= 0.3 is 0 Å². The molecule has 1 aliphatic carbocycles. The van der Waals surface area contributed by atoms with Crippen molar-refractivity contribution in [1.29, 1.82) is 0 Å². The molecule has 2 aromatic heterocycles. The van der Waals surface area contributed by atoms with Crippen LogP contribution in [0.4, 0.5) is 0 Å². The van der Waals surface area contributed by atoms with Crippen LogP contribution in [0.5, 0.6) is 5.75 Å². The van der Waals surface area contributed by atoms with Crippen molar-refractivity contribution in [3.05, 3.63) is 29.6 Å². The number of aromatic nitrogens is 2. The molecule has 2 heterocycles. The number of hydrogen-bond acceptors (Lipinski definition) is 5. The quantitative estimate of drug-likeness (QED) is 0.494. The maximum atomic E-state index is 12.6. The molecular formula is C19H26N2O4S. The van der Waals surface area contributed by atoms with Gasteiger partial charge in [-0.15, -0.1) is 0 Å². The molecule has 0 radical (unpaired) electrons. The summed E-state index contributed by atoms with van der Waals surface area (Å²) in [5.41, 5.74) is 2.47. The van der Waals surface area contributed by atoms with Crippen LogP contribution in [0, 0.1) is 5.92 Å². The number of ether oxygens (including phenoxy) is 1. The lowest BCUT2D eigenvalue weighted by atomic mass is 9.98. The van der Waals surface area contributed by atoms with E-state index in [1.165, 1.54) is 6.26 Å². The Morgan fingerprint density at radius 3 is 2.73 bits per heavy atom. The molecule has 1 saturated carbocycles. The molecule has 1 atom stereocenters. The van der Waals surface area contributed by atoms with Gasteiger partial charge in [0.15, 0.2) is 5.78 Å². The fourth-order valence-corrected chi connectivity index (χ4v) is 3.69. The molecule has 0 amide bonds. The minimum absolute atomic E-state index is 0.0284. The molecule has 7 heteroatoms. The van der Waals surface area contributed by atoms with Gasteiger partial charge < -0.3 is 4.74 Å². The van der Waals surface area contributed by atoms with Crippen LogP contribution in [-0.4, -0.2) is 42.4 Å². The monoisotopic (exact) mass is 378 g/mol. The fourth-order valence-electron chi connectivity index (χ4n) is 3.05. The number of nitrogens with zero attached hydrogens (tertiary/aromatic N) is 2. The third-order valence-electron chi connectivity index (χ3n) is 4.89. The van der Waals surface area contributed by atoms with Crippen molar-refractivity contribution in [1.82, 2.24) is 9.61 Å². The number of carbonyl (C=O) groups is 1. The summed E-state index contributed by atoms with van der Waals surface area (Å²) in [5.74, 6) is 1.32. The summed E-state index contributed by atoms with van der Waals surface area (Å²) < 4.78 is 30.2. The maximum absolute atomic E-state index is 12.6. The number of pyridine rings is 1. The van der Waals surface area contributed by atoms with Crippen LogP contribution in [0.15, 0.2) is 18.3 Å². The molecule has 0 spiro atoms. The molecule has 1 aliphatic rings. The first kappa shape index (κ1) is 18.9. The minimum atomic E-state index is -2.98. The highest BCUT2D eigenvalue weighted by molar-refractivity contribution is 7.90. The summed E-state index contributed by atoms with van der Waals surface area (Å²) >= 11 is 0. The Morgan fingerprint density at radius 2 is 2.12 bits per heavy atom. The average molecular weight is 378 g/mol. The molecule has 26 heavy (non-hydrogen) atoms. The number of sulfone groups is 1. The zero-order valence-corrected chi connectivity index (χ0v) is 16.4. The summed E-state index contributed by atoms with van der Waals surface area (Å²) in [5, 5.41) is 4.47. The van der Waals surface area contributed by atoms with Gasteiger partial charge in [-0.1, -0.05) is 13.8 Å². The number of Topliss-reactive ketones (excluding diaryl/α,β-unsaturated/α-hetero) is 1. The van der Waals surface area contributed by atoms with Gasteiger partial charge in [0, 0.05) is 18.1 Å². The van der Waals surface area contributed by atoms with Crippen LogP contribution < -0.4 is 4.74 Å². The van der Waals surface area contributed by atoms with Gasteiger partial charge in [-0.05, 0) is 37.8 Å². The number of hydrogen-bond donors (Lipinski definition) is 0. The van der Waals surface area contributed by atoms with E-state index in [4.69, 9.17) is 4.74 Å². The van der Waals surface area contributed by atoms with Gasteiger partial charge in [0.2, 0.25) is 0 Å². The maximum Gasteiger partial charge on any atom is 0.169 e. The SMILES string of the molecule is CCC(C)C(=O)c1cnn2c(C3CC3)c(OCCCS(C)(=O)=O)ccc12. The van der Waals surface area contributed by atoms with Crippen molar-refractivity contribution in [2.45, 2.75) is 45.4 Å². The van der Waals surface area contributed by atoms with Gasteiger partial charge in [-0.3, -0.25) is 4.79 Å². The van der Waals surface area contributed by atoms with E-state index in [1.807, 2.05) is 30.5 Å². The van der Waals surface area contributed by atoms with Crippen LogP contribution in [-0.2, 0) is 9.84 Å². The summed E-state index contributed by atoms with van der Waals surface area (Å²) in [6.07, 6.45) is 6.29. The third-order valence-corrected chi connectivity index (χ3v) is 5.92. The van der Waals surface area contributed by atoms with Crippen molar-refractivity contribution in [3.63, 3.8) is 0 Å². The topological polar surface area (TPSA) is 77.7 Å². The highest BCUT2D eigenvalue weighted by atomic mass is 32.2. The molecule has 0 aromatic carbocycles. The van der Waals surface area contributed by atoms with Gasteiger partial charge in [-0.2, -0.15) is 5.10 Å². The summed E-state index contributed by atoms with van der Waals surface area (Å²) in [7, 11) is -2.98. The molecule has 1 unspecified atom stereocenters. The van der Waals surface area contributed by atoms with E-state index < -0.39 is 9.84 Å². The Hall–Kier alpha value is -1.89. The molecule has 142 valence electrons. The van der Waals surface area contributed by atoms with Gasteiger partial charge in [0.1, 0.15) is 15.6 Å². The molecular weight excluding hydrogens is 352 g/mol. The first-order chi connectivity index (χ1) is 12.3. The van der Waals surface area contributed by atoms with Crippen LogP contribution in [0.1, 0.15) is 61.5 Å². The van der Waals surface area contributed by atoms with E-state index in [9.17, 15) is 13.2 Å². The van der Waals surface area contributed by atoms with E-state index >= 15 is 0 Å². The first-order valence-electron chi connectivity index (χ1n) is 9.17. The van der Waals surface area contributed by atoms with Crippen molar-refractivity contribution in [2.75, 3.05) is 18.6 Å². The Balaban J connectivity index is 1.87. The number of fused-ring (bicyclic) bond motifs is 1. The van der Waals surface area contributed by atoms with Crippen LogP contribution in [0.2, 0.25) is 0 Å². The smallest absolute Gasteiger partial charge is 0.169 e. The highest BCUT2D eigenvalue weighted by Gasteiger charge is 2.31. The average Bonchev–Trinajstić information content (AvgIpc) is 3.34. The zero-order chi connectivity index (χ0) is 18.9. The van der Waals surface area contributed by atoms with Crippen molar-refractivity contribution in [3.8, 4) is 5.75 Å². The normalized spacial score (nSPS) is 16.0. The molecule has 3 rings (SSSR count). The van der Waals surface area contributed by atoms with Gasteiger partial charge in [-0.25, -0.2) is 12.9 Å². The molecule has 0 N–H and O–H groups in total. The van der Waals surface area contributed by atoms with E-state index in [2.05, 4.69) is 5.10 Å². The van der Waals surface area contributed by atoms with Gasteiger partial charge in [0.25, 0.3) is 0 Å². The molecule has 1 fully saturated rings. The van der Waals surface area contributed by atoms with E-state index in [-0.39, 0.29) is 17.5 Å². The lowest BCUT2D eigenvalue weighted by Gasteiger charge is -2.13. The predicted molar refractivity (Wildman–Crippen MR) is 101 cm³/mol. The molecule has 0 saturated heterocycles. The largest absolute Gasteiger partial charge is 0.492 e. The Bertz CT molecular complexity index is 913. The zero-order valence-electron chi connectivity index (χ0n) is 15.6. The first-order valence-corrected chi connectivity index (χ1v) is 11.2. The summed E-state index contributed by atoms with van der Waals surface area (Å²) in [4.78, 5) is 12.6. The van der Waals surface area contributed by atoms with Gasteiger partial charge in [0.05, 0.1) is 35.3 Å². The van der Waals surface area contributed by atoms with E-state index in [1.54, 1.807) is 6.20 Å². The highest BCUT2D eigenvalue weighted by Crippen LogP contribution is 2.44. The fraction of sp³-hybridized carbons (Fsp3) is 0.579. The molecule has 0 bridgehead atoms. The lowest BCUT2D eigenvalue weighted by molar-refractivity contribution is 0.0929. The van der Waals surface area contributed by atoms with E-state index in [0.29, 0.717) is 24.5 Å². The van der Waals surface area contributed by atoms with Crippen molar-refractivity contribution >= 4 is 21.1 Å². The number of carbonyl (C=O) groups excluding carboxylic acids is 1. The molecule has 6 nitrogen and oxygen atoms in total. The van der Waals surface area contributed by atoms with Crippen molar-refractivity contribution < 1.29 is 17.9 Å². The van der Waals surface area contributed by atoms with Crippen LogP contribution in [0.25, 0.3) is 5.52 Å². The second-order valence-corrected chi connectivity index (χ2v) is 9.48. The Kier molecular flexibility index (Phi) is 5.37. The van der Waals surface area contributed by atoms with Crippen LogP contribution in [0.3, 0.4) is 0 Å². The predicted octanol–water partition coefficient (Wildman–Crippen LogP) is 3.25. The molecule has 0 aliphatic heterocycles.